The molecule has 0 saturated heterocycles. The van der Waals surface area contributed by atoms with Gasteiger partial charge < -0.3 is 0 Å². The maximum atomic E-state index is 13.9. The van der Waals surface area contributed by atoms with Crippen molar-refractivity contribution in [1.82, 2.24) is 0 Å². The second kappa shape index (κ2) is 7.72. The molecular formula is C25H21F3. The summed E-state index contributed by atoms with van der Waals surface area (Å²) < 4.78 is 40.8. The minimum absolute atomic E-state index is 0.263. The van der Waals surface area contributed by atoms with E-state index in [0.717, 1.165) is 42.2 Å². The third-order valence-corrected chi connectivity index (χ3v) is 5.64. The Balaban J connectivity index is 1.45. The van der Waals surface area contributed by atoms with Gasteiger partial charge in [-0.25, -0.2) is 13.2 Å². The molecule has 1 aliphatic rings. The fraction of sp³-hybridized carbons (Fsp3) is 0.280. The Labute approximate surface area is 163 Å². The zero-order chi connectivity index (χ0) is 19.7. The average molecular weight is 378 g/mol. The molecule has 3 aromatic rings. The van der Waals surface area contributed by atoms with Crippen LogP contribution >= 0.6 is 0 Å². The lowest BCUT2D eigenvalue weighted by Gasteiger charge is -2.26. The molecule has 0 bridgehead atoms. The van der Waals surface area contributed by atoms with Gasteiger partial charge in [0.25, 0.3) is 0 Å². The lowest BCUT2D eigenvalue weighted by atomic mass is 9.78. The molecule has 0 unspecified atom stereocenters. The van der Waals surface area contributed by atoms with Gasteiger partial charge in [-0.3, -0.25) is 0 Å². The third-order valence-electron chi connectivity index (χ3n) is 5.64. The summed E-state index contributed by atoms with van der Waals surface area (Å²) in [6.07, 6.45) is 3.90. The summed E-state index contributed by atoms with van der Waals surface area (Å²) in [7, 11) is 0. The number of halogens is 3. The second-order valence-electron chi connectivity index (χ2n) is 7.67. The van der Waals surface area contributed by atoms with E-state index < -0.39 is 11.6 Å². The highest BCUT2D eigenvalue weighted by Crippen LogP contribution is 2.36. The van der Waals surface area contributed by atoms with Crippen molar-refractivity contribution in [2.45, 2.75) is 38.5 Å². The molecule has 1 aliphatic carbocycles. The topological polar surface area (TPSA) is 0 Å². The molecule has 0 spiro atoms. The standard InChI is InChI=1S/C25H21F3/c1-16-2-6-19(23(26)12-16)9-5-17-3-7-18(8-4-17)20-10-11-21-14-24(27)25(28)15-22(21)13-20/h2,6,10-15,17-18H,3-4,7-8H2,1H3. The highest BCUT2D eigenvalue weighted by Gasteiger charge is 2.21. The van der Waals surface area contributed by atoms with E-state index in [-0.39, 0.29) is 11.7 Å². The van der Waals surface area contributed by atoms with E-state index in [4.69, 9.17) is 0 Å². The molecule has 0 aliphatic heterocycles. The number of hydrogen-bond acceptors (Lipinski definition) is 0. The minimum Gasteiger partial charge on any atom is -0.206 e. The smallest absolute Gasteiger partial charge is 0.159 e. The van der Waals surface area contributed by atoms with Gasteiger partial charge in [0.2, 0.25) is 0 Å². The molecule has 0 amide bonds. The normalized spacial score (nSPS) is 19.3. The molecule has 0 radical (unpaired) electrons. The number of aryl methyl sites for hydroxylation is 1. The van der Waals surface area contributed by atoms with Crippen LogP contribution in [0.15, 0.2) is 48.5 Å². The van der Waals surface area contributed by atoms with E-state index in [1.807, 2.05) is 31.2 Å². The van der Waals surface area contributed by atoms with Crippen LogP contribution in [0.25, 0.3) is 10.8 Å². The van der Waals surface area contributed by atoms with E-state index >= 15 is 0 Å². The maximum Gasteiger partial charge on any atom is 0.159 e. The quantitative estimate of drug-likeness (QED) is 0.404. The van der Waals surface area contributed by atoms with Gasteiger partial charge in [0, 0.05) is 5.92 Å². The average Bonchev–Trinajstić information content (AvgIpc) is 2.68. The fourth-order valence-electron chi connectivity index (χ4n) is 3.99. The molecular weight excluding hydrogens is 357 g/mol. The lowest BCUT2D eigenvalue weighted by Crippen LogP contribution is -2.12. The number of benzene rings is 3. The van der Waals surface area contributed by atoms with Gasteiger partial charge >= 0.3 is 0 Å². The Morgan fingerprint density at radius 3 is 2.18 bits per heavy atom. The van der Waals surface area contributed by atoms with Crippen LogP contribution < -0.4 is 0 Å². The van der Waals surface area contributed by atoms with Gasteiger partial charge in [-0.1, -0.05) is 36.1 Å². The van der Waals surface area contributed by atoms with E-state index in [9.17, 15) is 13.2 Å². The molecule has 142 valence electrons. The minimum atomic E-state index is -0.815. The van der Waals surface area contributed by atoms with Crippen molar-refractivity contribution in [3.8, 4) is 11.8 Å². The molecule has 1 saturated carbocycles. The molecule has 3 aromatic carbocycles. The number of rotatable bonds is 1. The third kappa shape index (κ3) is 3.92. The molecule has 0 aromatic heterocycles. The van der Waals surface area contributed by atoms with Gasteiger partial charge in [0.1, 0.15) is 5.82 Å². The fourth-order valence-corrected chi connectivity index (χ4v) is 3.99. The van der Waals surface area contributed by atoms with Crippen molar-refractivity contribution in [2.75, 3.05) is 0 Å². The zero-order valence-corrected chi connectivity index (χ0v) is 15.7. The second-order valence-corrected chi connectivity index (χ2v) is 7.67. The Morgan fingerprint density at radius 2 is 1.46 bits per heavy atom. The van der Waals surface area contributed by atoms with Crippen LogP contribution in [0.4, 0.5) is 13.2 Å². The van der Waals surface area contributed by atoms with Crippen molar-refractivity contribution in [2.24, 2.45) is 5.92 Å². The van der Waals surface area contributed by atoms with Crippen LogP contribution in [-0.2, 0) is 0 Å². The predicted molar refractivity (Wildman–Crippen MR) is 107 cm³/mol. The van der Waals surface area contributed by atoms with Crippen molar-refractivity contribution < 1.29 is 13.2 Å². The Kier molecular flexibility index (Phi) is 5.13. The number of hydrogen-bond donors (Lipinski definition) is 0. The zero-order valence-electron chi connectivity index (χ0n) is 15.7. The first kappa shape index (κ1) is 18.6. The number of fused-ring (bicyclic) bond motifs is 1. The highest BCUT2D eigenvalue weighted by molar-refractivity contribution is 5.83. The lowest BCUT2D eigenvalue weighted by molar-refractivity contribution is 0.385. The summed E-state index contributed by atoms with van der Waals surface area (Å²) in [6, 6.07) is 13.5. The first-order chi connectivity index (χ1) is 13.5. The van der Waals surface area contributed by atoms with Crippen LogP contribution in [0, 0.1) is 42.1 Å². The van der Waals surface area contributed by atoms with Crippen molar-refractivity contribution in [3.63, 3.8) is 0 Å². The molecule has 4 rings (SSSR count). The van der Waals surface area contributed by atoms with E-state index in [2.05, 4.69) is 11.8 Å². The largest absolute Gasteiger partial charge is 0.206 e. The Bertz CT molecular complexity index is 1080. The van der Waals surface area contributed by atoms with E-state index in [0.29, 0.717) is 16.9 Å². The van der Waals surface area contributed by atoms with Gasteiger partial charge in [-0.05, 0) is 84.7 Å². The summed E-state index contributed by atoms with van der Waals surface area (Å²) in [4.78, 5) is 0. The van der Waals surface area contributed by atoms with Gasteiger partial charge in [0.05, 0.1) is 5.56 Å². The molecule has 28 heavy (non-hydrogen) atoms. The molecule has 0 heterocycles. The monoisotopic (exact) mass is 378 g/mol. The molecule has 0 atom stereocenters. The van der Waals surface area contributed by atoms with Gasteiger partial charge in [-0.15, -0.1) is 0 Å². The summed E-state index contributed by atoms with van der Waals surface area (Å²) in [5.74, 6) is 5.00. The van der Waals surface area contributed by atoms with Crippen LogP contribution in [0.2, 0.25) is 0 Å². The molecule has 0 N–H and O–H groups in total. The summed E-state index contributed by atoms with van der Waals surface area (Å²) in [6.45, 7) is 1.86. The highest BCUT2D eigenvalue weighted by atomic mass is 19.2. The van der Waals surface area contributed by atoms with Crippen molar-refractivity contribution in [3.05, 3.63) is 82.7 Å². The maximum absolute atomic E-state index is 13.9. The van der Waals surface area contributed by atoms with E-state index in [1.54, 1.807) is 6.07 Å². The first-order valence-electron chi connectivity index (χ1n) is 9.66. The summed E-state index contributed by atoms with van der Waals surface area (Å²) in [5.41, 5.74) is 2.51. The van der Waals surface area contributed by atoms with Gasteiger partial charge in [-0.2, -0.15) is 0 Å². The summed E-state index contributed by atoms with van der Waals surface area (Å²) >= 11 is 0. The Morgan fingerprint density at radius 1 is 0.750 bits per heavy atom. The first-order valence-corrected chi connectivity index (χ1v) is 9.66. The SMILES string of the molecule is Cc1ccc(C#CC2CCC(c3ccc4cc(F)c(F)cc4c3)CC2)c(F)c1. The van der Waals surface area contributed by atoms with Crippen molar-refractivity contribution >= 4 is 10.8 Å². The molecule has 1 fully saturated rings. The van der Waals surface area contributed by atoms with Crippen LogP contribution in [0.5, 0.6) is 0 Å². The summed E-state index contributed by atoms with van der Waals surface area (Å²) in [5, 5.41) is 1.44. The van der Waals surface area contributed by atoms with Crippen LogP contribution in [0.1, 0.15) is 48.3 Å². The van der Waals surface area contributed by atoms with E-state index in [1.165, 1.54) is 18.2 Å². The predicted octanol–water partition coefficient (Wildman–Crippen LogP) is 6.89. The Hall–Kier alpha value is -2.73. The van der Waals surface area contributed by atoms with Gasteiger partial charge in [0.15, 0.2) is 11.6 Å². The van der Waals surface area contributed by atoms with Crippen molar-refractivity contribution in [1.29, 1.82) is 0 Å². The molecule has 3 heteroatoms. The molecule has 0 nitrogen and oxygen atoms in total. The van der Waals surface area contributed by atoms with Crippen LogP contribution in [-0.4, -0.2) is 0 Å². The van der Waals surface area contributed by atoms with Crippen LogP contribution in [0.3, 0.4) is 0 Å².